The van der Waals surface area contributed by atoms with Gasteiger partial charge in [0.15, 0.2) is 0 Å². The molecule has 5 N–H and O–H groups in total. The van der Waals surface area contributed by atoms with Gasteiger partial charge in [0, 0.05) is 23.8 Å². The number of nitrogens with two attached hydrogens (primary N) is 1. The summed E-state index contributed by atoms with van der Waals surface area (Å²) in [6, 6.07) is 17.1. The predicted molar refractivity (Wildman–Crippen MR) is 130 cm³/mol. The van der Waals surface area contributed by atoms with E-state index < -0.39 is 21.8 Å². The van der Waals surface area contributed by atoms with Crippen LogP contribution >= 0.6 is 11.6 Å². The number of halogens is 1. The maximum atomic E-state index is 12.9. The van der Waals surface area contributed by atoms with Gasteiger partial charge in [-0.1, -0.05) is 48.0 Å². The van der Waals surface area contributed by atoms with Gasteiger partial charge in [-0.05, 0) is 47.9 Å². The van der Waals surface area contributed by atoms with Gasteiger partial charge in [-0.15, -0.1) is 0 Å². The van der Waals surface area contributed by atoms with E-state index in [9.17, 15) is 18.3 Å². The van der Waals surface area contributed by atoms with Gasteiger partial charge in [0.2, 0.25) is 10.0 Å². The Morgan fingerprint density at radius 2 is 1.82 bits per heavy atom. The zero-order valence-corrected chi connectivity index (χ0v) is 19.7. The second-order valence-corrected chi connectivity index (χ2v) is 9.82. The summed E-state index contributed by atoms with van der Waals surface area (Å²) in [7, 11) is -3.79. The van der Waals surface area contributed by atoms with E-state index in [1.165, 1.54) is 10.6 Å². The SMILES string of the molecule is Cc1ccc(NS(=O)(=O)Cc2ccccc2)c(=O)n1CC(O)NCc1ccc(Cl)cc1CN. The molecule has 3 aromatic rings. The van der Waals surface area contributed by atoms with Crippen LogP contribution in [0.1, 0.15) is 22.4 Å². The van der Waals surface area contributed by atoms with Crippen LogP contribution in [0.15, 0.2) is 65.5 Å². The molecule has 0 bridgehead atoms. The zero-order chi connectivity index (χ0) is 24.0. The van der Waals surface area contributed by atoms with Crippen molar-refractivity contribution in [3.8, 4) is 0 Å². The molecule has 0 fully saturated rings. The van der Waals surface area contributed by atoms with Crippen LogP contribution in [-0.2, 0) is 35.4 Å². The Balaban J connectivity index is 1.71. The molecule has 0 saturated heterocycles. The Bertz CT molecular complexity index is 1260. The number of rotatable bonds is 10. The van der Waals surface area contributed by atoms with Crippen molar-refractivity contribution in [3.05, 3.63) is 98.4 Å². The summed E-state index contributed by atoms with van der Waals surface area (Å²) in [5.74, 6) is -0.254. The standard InChI is InChI=1S/C23H27ClN4O4S/c1-16-7-10-21(27-33(31,32)15-17-5-3-2-4-6-17)23(30)28(16)14-22(29)26-13-18-8-9-20(24)11-19(18)12-25/h2-11,22,26-27,29H,12-15,25H2,1H3. The van der Waals surface area contributed by atoms with E-state index >= 15 is 0 Å². The fourth-order valence-electron chi connectivity index (χ4n) is 3.39. The average Bonchev–Trinajstić information content (AvgIpc) is 2.78. The topological polar surface area (TPSA) is 126 Å². The van der Waals surface area contributed by atoms with Gasteiger partial charge in [0.1, 0.15) is 11.9 Å². The van der Waals surface area contributed by atoms with Crippen molar-refractivity contribution in [3.63, 3.8) is 0 Å². The van der Waals surface area contributed by atoms with Crippen LogP contribution < -0.4 is 21.3 Å². The summed E-state index contributed by atoms with van der Waals surface area (Å²) in [5, 5.41) is 14.0. The normalized spacial score (nSPS) is 12.5. The Morgan fingerprint density at radius 3 is 2.52 bits per heavy atom. The first-order valence-corrected chi connectivity index (χ1v) is 12.3. The lowest BCUT2D eigenvalue weighted by Gasteiger charge is -2.18. The maximum Gasteiger partial charge on any atom is 0.275 e. The summed E-state index contributed by atoms with van der Waals surface area (Å²) in [6.07, 6.45) is -1.06. The van der Waals surface area contributed by atoms with Crippen molar-refractivity contribution < 1.29 is 13.5 Å². The van der Waals surface area contributed by atoms with Crippen LogP contribution in [0.3, 0.4) is 0 Å². The number of aryl methyl sites for hydroxylation is 1. The lowest BCUT2D eigenvalue weighted by atomic mass is 10.1. The molecule has 10 heteroatoms. The minimum Gasteiger partial charge on any atom is -0.377 e. The van der Waals surface area contributed by atoms with E-state index in [4.69, 9.17) is 17.3 Å². The number of sulfonamides is 1. The number of benzene rings is 2. The van der Waals surface area contributed by atoms with Crippen molar-refractivity contribution in [1.29, 1.82) is 0 Å². The number of pyridine rings is 1. The molecule has 0 aliphatic rings. The number of hydrogen-bond donors (Lipinski definition) is 4. The summed E-state index contributed by atoms with van der Waals surface area (Å²) in [5.41, 5.74) is 8.06. The van der Waals surface area contributed by atoms with E-state index in [-0.39, 0.29) is 18.0 Å². The number of nitrogens with one attached hydrogen (secondary N) is 2. The largest absolute Gasteiger partial charge is 0.377 e. The fraction of sp³-hybridized carbons (Fsp3) is 0.261. The van der Waals surface area contributed by atoms with Gasteiger partial charge in [-0.3, -0.25) is 14.8 Å². The van der Waals surface area contributed by atoms with E-state index in [1.54, 1.807) is 55.5 Å². The third-order valence-electron chi connectivity index (χ3n) is 5.13. The summed E-state index contributed by atoms with van der Waals surface area (Å²) >= 11 is 5.99. The monoisotopic (exact) mass is 490 g/mol. The molecule has 1 aromatic heterocycles. The fourth-order valence-corrected chi connectivity index (χ4v) is 4.78. The zero-order valence-electron chi connectivity index (χ0n) is 18.2. The highest BCUT2D eigenvalue weighted by Crippen LogP contribution is 2.16. The lowest BCUT2D eigenvalue weighted by molar-refractivity contribution is 0.114. The molecule has 8 nitrogen and oxygen atoms in total. The first kappa shape index (κ1) is 24.9. The van der Waals surface area contributed by atoms with Gasteiger partial charge in [0.25, 0.3) is 5.56 Å². The summed E-state index contributed by atoms with van der Waals surface area (Å²) in [6.45, 7) is 2.27. The van der Waals surface area contributed by atoms with Crippen molar-refractivity contribution >= 4 is 27.3 Å². The Hall–Kier alpha value is -2.69. The van der Waals surface area contributed by atoms with E-state index in [2.05, 4.69) is 10.0 Å². The van der Waals surface area contributed by atoms with Gasteiger partial charge in [-0.25, -0.2) is 8.42 Å². The Morgan fingerprint density at radius 1 is 1.09 bits per heavy atom. The maximum absolute atomic E-state index is 12.9. The number of aliphatic hydroxyl groups excluding tert-OH is 1. The van der Waals surface area contributed by atoms with E-state index in [1.807, 2.05) is 6.07 Å². The third-order valence-corrected chi connectivity index (χ3v) is 6.61. The van der Waals surface area contributed by atoms with Gasteiger partial charge in [-0.2, -0.15) is 0 Å². The molecular weight excluding hydrogens is 464 g/mol. The molecule has 1 atom stereocenters. The molecule has 0 aliphatic heterocycles. The molecule has 2 aromatic carbocycles. The van der Waals surface area contributed by atoms with Crippen LogP contribution in [0.5, 0.6) is 0 Å². The molecule has 0 spiro atoms. The van der Waals surface area contributed by atoms with Crippen LogP contribution in [0, 0.1) is 6.92 Å². The highest BCUT2D eigenvalue weighted by atomic mass is 35.5. The summed E-state index contributed by atoms with van der Waals surface area (Å²) in [4.78, 5) is 12.9. The summed E-state index contributed by atoms with van der Waals surface area (Å²) < 4.78 is 28.8. The van der Waals surface area contributed by atoms with Crippen molar-refractivity contribution in [2.24, 2.45) is 5.73 Å². The molecule has 176 valence electrons. The number of anilines is 1. The van der Waals surface area contributed by atoms with Gasteiger partial charge in [0.05, 0.1) is 12.3 Å². The minimum absolute atomic E-state index is 0.0650. The van der Waals surface area contributed by atoms with Crippen molar-refractivity contribution in [2.45, 2.75) is 38.5 Å². The molecular formula is C23H27ClN4O4S. The average molecular weight is 491 g/mol. The Labute approximate surface area is 198 Å². The molecule has 1 heterocycles. The van der Waals surface area contributed by atoms with Crippen LogP contribution in [0.2, 0.25) is 5.02 Å². The van der Waals surface area contributed by atoms with Gasteiger partial charge < -0.3 is 15.4 Å². The number of aromatic nitrogens is 1. The predicted octanol–water partition coefficient (Wildman–Crippen LogP) is 2.32. The highest BCUT2D eigenvalue weighted by molar-refractivity contribution is 7.91. The number of nitrogens with zero attached hydrogens (tertiary/aromatic N) is 1. The molecule has 0 amide bonds. The Kier molecular flexibility index (Phi) is 8.28. The van der Waals surface area contributed by atoms with Crippen molar-refractivity contribution in [1.82, 2.24) is 9.88 Å². The number of aliphatic hydroxyl groups is 1. The second-order valence-electron chi connectivity index (χ2n) is 7.66. The molecule has 1 unspecified atom stereocenters. The van der Waals surface area contributed by atoms with Crippen LogP contribution in [0.4, 0.5) is 5.69 Å². The first-order chi connectivity index (χ1) is 15.7. The minimum atomic E-state index is -3.79. The molecule has 0 aliphatic carbocycles. The second kappa shape index (κ2) is 11.0. The quantitative estimate of drug-likeness (QED) is 0.323. The first-order valence-electron chi connectivity index (χ1n) is 10.3. The van der Waals surface area contributed by atoms with Gasteiger partial charge >= 0.3 is 0 Å². The molecule has 0 radical (unpaired) electrons. The number of hydrogen-bond acceptors (Lipinski definition) is 6. The highest BCUT2D eigenvalue weighted by Gasteiger charge is 2.17. The third kappa shape index (κ3) is 6.89. The van der Waals surface area contributed by atoms with Crippen LogP contribution in [-0.4, -0.2) is 24.3 Å². The molecule has 0 saturated carbocycles. The molecule has 33 heavy (non-hydrogen) atoms. The lowest BCUT2D eigenvalue weighted by Crippen LogP contribution is -2.38. The van der Waals surface area contributed by atoms with E-state index in [0.717, 1.165) is 11.1 Å². The van der Waals surface area contributed by atoms with E-state index in [0.29, 0.717) is 29.4 Å². The van der Waals surface area contributed by atoms with Crippen LogP contribution in [0.25, 0.3) is 0 Å². The molecule has 3 rings (SSSR count). The van der Waals surface area contributed by atoms with Crippen molar-refractivity contribution in [2.75, 3.05) is 4.72 Å². The smallest absolute Gasteiger partial charge is 0.275 e.